The van der Waals surface area contributed by atoms with Crippen molar-refractivity contribution in [2.45, 2.75) is 19.1 Å². The topological polar surface area (TPSA) is 78.8 Å². The molecule has 1 atom stereocenters. The minimum atomic E-state index is -2.82. The molecule has 0 aromatic carbocycles. The van der Waals surface area contributed by atoms with Gasteiger partial charge in [0.1, 0.15) is 5.15 Å². The summed E-state index contributed by atoms with van der Waals surface area (Å²) >= 11 is 10.7. The number of ether oxygens (including phenoxy) is 1. The summed E-state index contributed by atoms with van der Waals surface area (Å²) in [6.07, 6.45) is 5.30. The zero-order valence-electron chi connectivity index (χ0n) is 13.2. The molecule has 0 radical (unpaired) electrons. The summed E-state index contributed by atoms with van der Waals surface area (Å²) in [5.41, 5.74) is 7.09. The Labute approximate surface area is 165 Å². The number of pyridine rings is 1. The minimum Gasteiger partial charge on any atom is -0.375 e. The van der Waals surface area contributed by atoms with Gasteiger partial charge in [0.25, 0.3) is 0 Å². The van der Waals surface area contributed by atoms with Crippen molar-refractivity contribution in [3.63, 3.8) is 0 Å². The van der Waals surface area contributed by atoms with E-state index in [4.69, 9.17) is 17.3 Å². The molecule has 1 unspecified atom stereocenters. The van der Waals surface area contributed by atoms with Crippen LogP contribution in [0.3, 0.4) is 0 Å². The normalized spacial score (nSPS) is 12.7. The second-order valence-corrected chi connectivity index (χ2v) is 7.52. The van der Waals surface area contributed by atoms with Crippen molar-refractivity contribution in [1.82, 2.24) is 19.7 Å². The van der Waals surface area contributed by atoms with Gasteiger partial charge >= 0.3 is 6.61 Å². The molecule has 0 spiro atoms. The van der Waals surface area contributed by atoms with Crippen LogP contribution < -0.4 is 5.73 Å². The standard InChI is InChI=1S/C15H13BrClF2N5OS/c16-9-1-2-10(21-6-9)11(3-4-25-14(18)19)24-7-8(5-22-24)12-13(17)23-15(20)26-12/h1-2,5-7,11,14H,3-4H2,(H2,20,23). The maximum Gasteiger partial charge on any atom is 0.345 e. The molecule has 0 bridgehead atoms. The number of hydrogen-bond acceptors (Lipinski definition) is 6. The average molecular weight is 465 g/mol. The molecule has 0 aliphatic heterocycles. The number of rotatable bonds is 7. The number of thiazole rings is 1. The molecule has 26 heavy (non-hydrogen) atoms. The maximum absolute atomic E-state index is 12.3. The summed E-state index contributed by atoms with van der Waals surface area (Å²) in [5, 5.41) is 4.99. The summed E-state index contributed by atoms with van der Waals surface area (Å²) in [6.45, 7) is -2.95. The van der Waals surface area contributed by atoms with Gasteiger partial charge in [-0.25, -0.2) is 4.98 Å². The van der Waals surface area contributed by atoms with E-state index in [1.807, 2.05) is 6.07 Å². The van der Waals surface area contributed by atoms with Crippen molar-refractivity contribution in [3.8, 4) is 10.4 Å². The number of nitrogen functional groups attached to an aromatic ring is 1. The van der Waals surface area contributed by atoms with Gasteiger partial charge < -0.3 is 10.5 Å². The lowest BCUT2D eigenvalue weighted by Crippen LogP contribution is -2.16. The lowest BCUT2D eigenvalue weighted by atomic mass is 10.1. The van der Waals surface area contributed by atoms with Crippen LogP contribution in [0.2, 0.25) is 5.15 Å². The van der Waals surface area contributed by atoms with Gasteiger partial charge in [-0.3, -0.25) is 9.67 Å². The Bertz CT molecular complexity index is 873. The number of hydrogen-bond donors (Lipinski definition) is 1. The summed E-state index contributed by atoms with van der Waals surface area (Å²) < 4.78 is 31.5. The number of nitrogens with zero attached hydrogens (tertiary/aromatic N) is 4. The Balaban J connectivity index is 1.88. The Morgan fingerprint density at radius 2 is 2.15 bits per heavy atom. The van der Waals surface area contributed by atoms with Gasteiger partial charge in [0.05, 0.1) is 29.4 Å². The molecular weight excluding hydrogens is 452 g/mol. The third-order valence-corrected chi connectivity index (χ3v) is 5.30. The quantitative estimate of drug-likeness (QED) is 0.552. The van der Waals surface area contributed by atoms with Crippen molar-refractivity contribution in [2.24, 2.45) is 0 Å². The van der Waals surface area contributed by atoms with E-state index in [0.29, 0.717) is 20.9 Å². The van der Waals surface area contributed by atoms with Gasteiger partial charge in [-0.2, -0.15) is 13.9 Å². The lowest BCUT2D eigenvalue weighted by Gasteiger charge is -2.17. The first-order valence-electron chi connectivity index (χ1n) is 7.41. The van der Waals surface area contributed by atoms with Crippen LogP contribution in [-0.4, -0.2) is 33.0 Å². The lowest BCUT2D eigenvalue weighted by molar-refractivity contribution is -0.130. The van der Waals surface area contributed by atoms with Gasteiger partial charge in [0.15, 0.2) is 5.13 Å². The monoisotopic (exact) mass is 463 g/mol. The SMILES string of the molecule is Nc1nc(Cl)c(-c2cnn(C(CCOC(F)F)c3ccc(Br)cn3)c2)s1. The third-order valence-electron chi connectivity index (χ3n) is 3.51. The molecule has 6 nitrogen and oxygen atoms in total. The van der Waals surface area contributed by atoms with E-state index in [1.54, 1.807) is 29.3 Å². The van der Waals surface area contributed by atoms with E-state index in [0.717, 1.165) is 10.0 Å². The molecule has 11 heteroatoms. The Hall–Kier alpha value is -1.62. The molecule has 0 amide bonds. The third kappa shape index (κ3) is 4.56. The largest absolute Gasteiger partial charge is 0.375 e. The summed E-state index contributed by atoms with van der Waals surface area (Å²) in [6, 6.07) is 3.25. The molecule has 0 fully saturated rings. The van der Waals surface area contributed by atoms with Crippen LogP contribution in [0.4, 0.5) is 13.9 Å². The summed E-state index contributed by atoms with van der Waals surface area (Å²) in [5.74, 6) is 0. The second kappa shape index (κ2) is 8.38. The average Bonchev–Trinajstić information content (AvgIpc) is 3.18. The van der Waals surface area contributed by atoms with Crippen molar-refractivity contribution in [1.29, 1.82) is 0 Å². The summed E-state index contributed by atoms with van der Waals surface area (Å²) in [7, 11) is 0. The molecule has 3 heterocycles. The van der Waals surface area contributed by atoms with Crippen LogP contribution in [0, 0.1) is 0 Å². The number of halogens is 4. The summed E-state index contributed by atoms with van der Waals surface area (Å²) in [4.78, 5) is 9.03. The molecule has 3 rings (SSSR count). The van der Waals surface area contributed by atoms with Crippen LogP contribution in [0.5, 0.6) is 0 Å². The van der Waals surface area contributed by atoms with E-state index < -0.39 is 6.61 Å². The fourth-order valence-electron chi connectivity index (χ4n) is 2.39. The number of aromatic nitrogens is 4. The van der Waals surface area contributed by atoms with Crippen LogP contribution in [0.15, 0.2) is 35.2 Å². The van der Waals surface area contributed by atoms with Crippen molar-refractivity contribution in [3.05, 3.63) is 46.0 Å². The zero-order chi connectivity index (χ0) is 18.7. The highest BCUT2D eigenvalue weighted by molar-refractivity contribution is 9.10. The molecular formula is C15H13BrClF2N5OS. The van der Waals surface area contributed by atoms with E-state index in [2.05, 4.69) is 35.7 Å². The van der Waals surface area contributed by atoms with Crippen molar-refractivity contribution in [2.75, 3.05) is 12.3 Å². The highest BCUT2D eigenvalue weighted by Gasteiger charge is 2.19. The number of anilines is 1. The smallest absolute Gasteiger partial charge is 0.345 e. The fourth-order valence-corrected chi connectivity index (χ4v) is 3.69. The molecule has 0 aliphatic rings. The predicted octanol–water partition coefficient (Wildman–Crippen LogP) is 4.62. The van der Waals surface area contributed by atoms with Crippen LogP contribution in [0.25, 0.3) is 10.4 Å². The van der Waals surface area contributed by atoms with E-state index >= 15 is 0 Å². The molecule has 0 saturated heterocycles. The molecule has 3 aromatic rings. The molecule has 2 N–H and O–H groups in total. The van der Waals surface area contributed by atoms with Gasteiger partial charge in [0, 0.05) is 22.4 Å². The minimum absolute atomic E-state index is 0.135. The Kier molecular flexibility index (Phi) is 6.17. The predicted molar refractivity (Wildman–Crippen MR) is 99.4 cm³/mol. The van der Waals surface area contributed by atoms with Crippen LogP contribution in [0.1, 0.15) is 18.2 Å². The van der Waals surface area contributed by atoms with E-state index in [9.17, 15) is 8.78 Å². The molecule has 0 saturated carbocycles. The van der Waals surface area contributed by atoms with Crippen molar-refractivity contribution < 1.29 is 13.5 Å². The van der Waals surface area contributed by atoms with E-state index in [1.165, 1.54) is 11.3 Å². The highest BCUT2D eigenvalue weighted by atomic mass is 79.9. The second-order valence-electron chi connectivity index (χ2n) is 5.22. The highest BCUT2D eigenvalue weighted by Crippen LogP contribution is 2.35. The van der Waals surface area contributed by atoms with Crippen LogP contribution >= 0.6 is 38.9 Å². The fraction of sp³-hybridized carbons (Fsp3) is 0.267. The van der Waals surface area contributed by atoms with Crippen LogP contribution in [-0.2, 0) is 4.74 Å². The molecule has 138 valence electrons. The number of nitrogens with two attached hydrogens (primary N) is 1. The van der Waals surface area contributed by atoms with Gasteiger partial charge in [-0.1, -0.05) is 22.9 Å². The first kappa shape index (κ1) is 19.2. The van der Waals surface area contributed by atoms with Gasteiger partial charge in [-0.15, -0.1) is 0 Å². The Morgan fingerprint density at radius 3 is 2.77 bits per heavy atom. The molecule has 3 aromatic heterocycles. The van der Waals surface area contributed by atoms with E-state index in [-0.39, 0.29) is 19.1 Å². The first-order chi connectivity index (χ1) is 12.4. The number of alkyl halides is 2. The Morgan fingerprint density at radius 1 is 1.35 bits per heavy atom. The zero-order valence-corrected chi connectivity index (χ0v) is 16.3. The first-order valence-corrected chi connectivity index (χ1v) is 9.40. The van der Waals surface area contributed by atoms with Gasteiger partial charge in [0.2, 0.25) is 0 Å². The van der Waals surface area contributed by atoms with Gasteiger partial charge in [-0.05, 0) is 34.5 Å². The molecule has 0 aliphatic carbocycles. The van der Waals surface area contributed by atoms with Crippen molar-refractivity contribution >= 4 is 44.0 Å². The maximum atomic E-state index is 12.3.